The predicted octanol–water partition coefficient (Wildman–Crippen LogP) is 1.73. The number of amides is 1. The van der Waals surface area contributed by atoms with Crippen molar-refractivity contribution in [1.82, 2.24) is 5.32 Å². The Balaban J connectivity index is 2.39. The Bertz CT molecular complexity index is 461. The highest BCUT2D eigenvalue weighted by Gasteiger charge is 2.10. The molecule has 0 aliphatic carbocycles. The van der Waals surface area contributed by atoms with Crippen molar-refractivity contribution in [2.45, 2.75) is 26.2 Å². The molecule has 0 saturated heterocycles. The minimum Gasteiger partial charge on any atom is -0.493 e. The number of hydrogen-bond acceptors (Lipinski definition) is 4. The second-order valence-electron chi connectivity index (χ2n) is 4.23. The van der Waals surface area contributed by atoms with Gasteiger partial charge >= 0.3 is 0 Å². The van der Waals surface area contributed by atoms with Crippen molar-refractivity contribution < 1.29 is 14.7 Å². The maximum absolute atomic E-state index is 12.0. The lowest BCUT2D eigenvalue weighted by atomic mass is 10.1. The maximum atomic E-state index is 12.0. The average molecular weight is 279 g/mol. The number of ether oxygens (including phenoxy) is 1. The van der Waals surface area contributed by atoms with E-state index < -0.39 is 0 Å². The van der Waals surface area contributed by atoms with E-state index >= 15 is 0 Å². The van der Waals surface area contributed by atoms with E-state index in [1.165, 1.54) is 0 Å². The number of oxime groups is 1. The molecule has 0 saturated carbocycles. The average Bonchev–Trinajstić information content (AvgIpc) is 2.47. The van der Waals surface area contributed by atoms with Gasteiger partial charge in [-0.25, -0.2) is 0 Å². The number of para-hydroxylation sites is 1. The molecule has 1 aromatic carbocycles. The summed E-state index contributed by atoms with van der Waals surface area (Å²) in [4.78, 5) is 12.0. The molecule has 0 atom stereocenters. The molecule has 0 aromatic heterocycles. The van der Waals surface area contributed by atoms with Gasteiger partial charge in [0.1, 0.15) is 11.6 Å². The molecular weight excluding hydrogens is 258 g/mol. The SMILES string of the molecule is CCOc1ccccc1C(=O)NCCCCC(N)=NO. The lowest BCUT2D eigenvalue weighted by Crippen LogP contribution is -2.25. The van der Waals surface area contributed by atoms with Crippen LogP contribution in [0.5, 0.6) is 5.75 Å². The van der Waals surface area contributed by atoms with Crippen LogP contribution >= 0.6 is 0 Å². The van der Waals surface area contributed by atoms with Crippen molar-refractivity contribution in [3.8, 4) is 5.75 Å². The fourth-order valence-corrected chi connectivity index (χ4v) is 1.71. The van der Waals surface area contributed by atoms with Crippen molar-refractivity contribution in [3.63, 3.8) is 0 Å². The van der Waals surface area contributed by atoms with Gasteiger partial charge in [0.2, 0.25) is 0 Å². The third-order valence-electron chi connectivity index (χ3n) is 2.71. The Hall–Kier alpha value is -2.24. The number of unbranched alkanes of at least 4 members (excludes halogenated alkanes) is 1. The van der Waals surface area contributed by atoms with Gasteiger partial charge < -0.3 is 21.0 Å². The number of carbonyl (C=O) groups is 1. The smallest absolute Gasteiger partial charge is 0.255 e. The Morgan fingerprint density at radius 2 is 2.15 bits per heavy atom. The van der Waals surface area contributed by atoms with Crippen molar-refractivity contribution in [2.24, 2.45) is 10.9 Å². The zero-order valence-electron chi connectivity index (χ0n) is 11.6. The number of nitrogens with two attached hydrogens (primary N) is 1. The molecule has 110 valence electrons. The van der Waals surface area contributed by atoms with E-state index in [0.29, 0.717) is 30.9 Å². The minimum absolute atomic E-state index is 0.155. The molecule has 1 rings (SSSR count). The number of benzene rings is 1. The zero-order valence-corrected chi connectivity index (χ0v) is 11.6. The molecule has 6 nitrogen and oxygen atoms in total. The van der Waals surface area contributed by atoms with Gasteiger partial charge in [0.15, 0.2) is 0 Å². The quantitative estimate of drug-likeness (QED) is 0.222. The number of carbonyl (C=O) groups excluding carboxylic acids is 1. The first kappa shape index (κ1) is 15.8. The topological polar surface area (TPSA) is 96.9 Å². The van der Waals surface area contributed by atoms with E-state index in [9.17, 15) is 4.79 Å². The summed E-state index contributed by atoms with van der Waals surface area (Å²) in [5.74, 6) is 0.639. The molecule has 0 heterocycles. The van der Waals surface area contributed by atoms with E-state index in [2.05, 4.69) is 10.5 Å². The van der Waals surface area contributed by atoms with Crippen LogP contribution in [0.3, 0.4) is 0 Å². The Morgan fingerprint density at radius 1 is 1.40 bits per heavy atom. The fourth-order valence-electron chi connectivity index (χ4n) is 1.71. The van der Waals surface area contributed by atoms with E-state index in [-0.39, 0.29) is 11.7 Å². The molecule has 0 fully saturated rings. The summed E-state index contributed by atoms with van der Waals surface area (Å²) >= 11 is 0. The Kier molecular flexibility index (Phi) is 6.95. The standard InChI is InChI=1S/C14H21N3O3/c1-2-20-12-8-4-3-7-11(12)14(18)16-10-6-5-9-13(15)17-19/h3-4,7-8,19H,2,5-6,9-10H2,1H3,(H2,15,17)(H,16,18). The lowest BCUT2D eigenvalue weighted by molar-refractivity contribution is 0.0949. The third-order valence-corrected chi connectivity index (χ3v) is 2.71. The van der Waals surface area contributed by atoms with Crippen molar-refractivity contribution in [3.05, 3.63) is 29.8 Å². The summed E-state index contributed by atoms with van der Waals surface area (Å²) in [7, 11) is 0. The molecule has 0 radical (unpaired) electrons. The molecule has 6 heteroatoms. The van der Waals surface area contributed by atoms with E-state index in [4.69, 9.17) is 15.7 Å². The van der Waals surface area contributed by atoms with Crippen LogP contribution in [0.2, 0.25) is 0 Å². The number of hydrogen-bond donors (Lipinski definition) is 3. The zero-order chi connectivity index (χ0) is 14.8. The summed E-state index contributed by atoms with van der Waals surface area (Å²) in [5, 5.41) is 14.1. The highest BCUT2D eigenvalue weighted by molar-refractivity contribution is 5.96. The van der Waals surface area contributed by atoms with Crippen LogP contribution < -0.4 is 15.8 Å². The summed E-state index contributed by atoms with van der Waals surface area (Å²) < 4.78 is 5.41. The van der Waals surface area contributed by atoms with E-state index in [1.54, 1.807) is 18.2 Å². The molecule has 0 aliphatic rings. The van der Waals surface area contributed by atoms with Crippen LogP contribution in [0.15, 0.2) is 29.4 Å². The number of nitrogens with one attached hydrogen (secondary N) is 1. The van der Waals surface area contributed by atoms with Crippen LogP contribution in [0.4, 0.5) is 0 Å². The van der Waals surface area contributed by atoms with Crippen LogP contribution in [-0.2, 0) is 0 Å². The number of nitrogens with zero attached hydrogens (tertiary/aromatic N) is 1. The Morgan fingerprint density at radius 3 is 2.85 bits per heavy atom. The molecule has 1 aromatic rings. The molecule has 4 N–H and O–H groups in total. The maximum Gasteiger partial charge on any atom is 0.255 e. The molecule has 0 aliphatic heterocycles. The van der Waals surface area contributed by atoms with Gasteiger partial charge in [-0.2, -0.15) is 0 Å². The number of rotatable bonds is 8. The third kappa shape index (κ3) is 5.17. The van der Waals surface area contributed by atoms with Gasteiger partial charge in [-0.1, -0.05) is 17.3 Å². The predicted molar refractivity (Wildman–Crippen MR) is 77.2 cm³/mol. The van der Waals surface area contributed by atoms with Gasteiger partial charge in [0.25, 0.3) is 5.91 Å². The van der Waals surface area contributed by atoms with Gasteiger partial charge in [-0.3, -0.25) is 4.79 Å². The first-order chi connectivity index (χ1) is 9.69. The van der Waals surface area contributed by atoms with Crippen molar-refractivity contribution >= 4 is 11.7 Å². The normalized spacial score (nSPS) is 11.2. The van der Waals surface area contributed by atoms with Crippen LogP contribution in [-0.4, -0.2) is 30.1 Å². The summed E-state index contributed by atoms with van der Waals surface area (Å²) in [6.45, 7) is 2.93. The molecule has 20 heavy (non-hydrogen) atoms. The molecule has 0 bridgehead atoms. The van der Waals surface area contributed by atoms with Crippen LogP contribution in [0.25, 0.3) is 0 Å². The highest BCUT2D eigenvalue weighted by atomic mass is 16.5. The van der Waals surface area contributed by atoms with Gasteiger partial charge in [0, 0.05) is 13.0 Å². The largest absolute Gasteiger partial charge is 0.493 e. The highest BCUT2D eigenvalue weighted by Crippen LogP contribution is 2.17. The van der Waals surface area contributed by atoms with Gasteiger partial charge in [-0.15, -0.1) is 0 Å². The molecular formula is C14H21N3O3. The van der Waals surface area contributed by atoms with Crippen molar-refractivity contribution in [2.75, 3.05) is 13.2 Å². The van der Waals surface area contributed by atoms with Gasteiger partial charge in [0.05, 0.1) is 12.2 Å². The lowest BCUT2D eigenvalue weighted by Gasteiger charge is -2.10. The summed E-state index contributed by atoms with van der Waals surface area (Å²) in [5.41, 5.74) is 5.89. The minimum atomic E-state index is -0.155. The molecule has 0 spiro atoms. The molecule has 1 amide bonds. The number of amidine groups is 1. The van der Waals surface area contributed by atoms with E-state index in [0.717, 1.165) is 12.8 Å². The fraction of sp³-hybridized carbons (Fsp3) is 0.429. The van der Waals surface area contributed by atoms with Crippen LogP contribution in [0, 0.1) is 0 Å². The Labute approximate surface area is 118 Å². The molecule has 0 unspecified atom stereocenters. The first-order valence-corrected chi connectivity index (χ1v) is 6.65. The summed E-state index contributed by atoms with van der Waals surface area (Å²) in [6.07, 6.45) is 2.03. The van der Waals surface area contributed by atoms with Crippen LogP contribution in [0.1, 0.15) is 36.5 Å². The second-order valence-corrected chi connectivity index (χ2v) is 4.23. The monoisotopic (exact) mass is 279 g/mol. The summed E-state index contributed by atoms with van der Waals surface area (Å²) in [6, 6.07) is 7.14. The van der Waals surface area contributed by atoms with Gasteiger partial charge in [-0.05, 0) is 31.9 Å². The van der Waals surface area contributed by atoms with E-state index in [1.807, 2.05) is 13.0 Å². The second kappa shape index (κ2) is 8.79. The van der Waals surface area contributed by atoms with Crippen molar-refractivity contribution in [1.29, 1.82) is 0 Å². The first-order valence-electron chi connectivity index (χ1n) is 6.65.